The minimum Gasteiger partial charge on any atom is -0.352 e. The van der Waals surface area contributed by atoms with E-state index in [1.54, 1.807) is 0 Å². The molecule has 0 heterocycles. The van der Waals surface area contributed by atoms with E-state index in [2.05, 4.69) is 26.1 Å². The largest absolute Gasteiger partial charge is 0.352 e. The van der Waals surface area contributed by atoms with Gasteiger partial charge in [-0.2, -0.15) is 0 Å². The lowest BCUT2D eigenvalue weighted by Gasteiger charge is -2.29. The van der Waals surface area contributed by atoms with Crippen LogP contribution in [0.2, 0.25) is 0 Å². The molecule has 0 aromatic rings. The highest BCUT2D eigenvalue weighted by molar-refractivity contribution is 5.82. The standard InChI is InChI=1S/C12H26N2O/c1-7-9(8(2)3)14-11(15)10(13)12(4,5)6/h8-10H,7,13H2,1-6H3,(H,14,15)/t9?,10-/m1/s1. The summed E-state index contributed by atoms with van der Waals surface area (Å²) in [6.45, 7) is 12.2. The summed E-state index contributed by atoms with van der Waals surface area (Å²) in [6, 6.07) is -0.212. The van der Waals surface area contributed by atoms with Gasteiger partial charge in [0.05, 0.1) is 6.04 Å². The van der Waals surface area contributed by atoms with E-state index in [1.807, 2.05) is 20.8 Å². The average Bonchev–Trinajstić information content (AvgIpc) is 2.10. The molecule has 0 radical (unpaired) electrons. The molecule has 0 spiro atoms. The summed E-state index contributed by atoms with van der Waals surface area (Å²) in [5.74, 6) is 0.411. The molecule has 1 unspecified atom stereocenters. The Hall–Kier alpha value is -0.570. The molecule has 0 rings (SSSR count). The number of nitrogens with one attached hydrogen (secondary N) is 1. The second kappa shape index (κ2) is 5.50. The summed E-state index contributed by atoms with van der Waals surface area (Å²) < 4.78 is 0. The van der Waals surface area contributed by atoms with Gasteiger partial charge in [0.25, 0.3) is 0 Å². The van der Waals surface area contributed by atoms with Crippen molar-refractivity contribution in [1.29, 1.82) is 0 Å². The molecule has 3 heteroatoms. The zero-order chi connectivity index (χ0) is 12.2. The number of hydrogen-bond acceptors (Lipinski definition) is 2. The molecule has 0 aliphatic carbocycles. The Morgan fingerprint density at radius 1 is 1.33 bits per heavy atom. The number of nitrogens with two attached hydrogens (primary N) is 1. The molecule has 0 saturated heterocycles. The minimum atomic E-state index is -0.440. The normalized spacial score (nSPS) is 16.3. The van der Waals surface area contributed by atoms with E-state index >= 15 is 0 Å². The van der Waals surface area contributed by atoms with Gasteiger partial charge in [-0.1, -0.05) is 41.5 Å². The van der Waals surface area contributed by atoms with Crippen LogP contribution in [0.3, 0.4) is 0 Å². The van der Waals surface area contributed by atoms with Crippen LogP contribution in [0, 0.1) is 11.3 Å². The molecule has 2 atom stereocenters. The third-order valence-electron chi connectivity index (χ3n) is 2.79. The lowest BCUT2D eigenvalue weighted by atomic mass is 9.86. The Labute approximate surface area is 93.8 Å². The molecule has 0 saturated carbocycles. The number of hydrogen-bond donors (Lipinski definition) is 2. The molecule has 1 amide bonds. The maximum Gasteiger partial charge on any atom is 0.237 e. The van der Waals surface area contributed by atoms with Gasteiger partial charge < -0.3 is 11.1 Å². The fourth-order valence-corrected chi connectivity index (χ4v) is 1.41. The molecule has 3 nitrogen and oxygen atoms in total. The second-order valence-electron chi connectivity index (χ2n) is 5.61. The third kappa shape index (κ3) is 4.65. The first-order chi connectivity index (χ1) is 6.70. The zero-order valence-electron chi connectivity index (χ0n) is 10.9. The van der Waals surface area contributed by atoms with Crippen LogP contribution in [0.1, 0.15) is 48.0 Å². The summed E-state index contributed by atoms with van der Waals surface area (Å²) in [7, 11) is 0. The zero-order valence-corrected chi connectivity index (χ0v) is 10.9. The molecular weight excluding hydrogens is 188 g/mol. The van der Waals surface area contributed by atoms with Gasteiger partial charge in [-0.15, -0.1) is 0 Å². The molecule has 3 N–H and O–H groups in total. The minimum absolute atomic E-state index is 0.0388. The van der Waals surface area contributed by atoms with E-state index in [4.69, 9.17) is 5.73 Å². The van der Waals surface area contributed by atoms with Crippen LogP contribution >= 0.6 is 0 Å². The van der Waals surface area contributed by atoms with E-state index in [0.29, 0.717) is 5.92 Å². The predicted octanol–water partition coefficient (Wildman–Crippen LogP) is 1.91. The monoisotopic (exact) mass is 214 g/mol. The van der Waals surface area contributed by atoms with Crippen molar-refractivity contribution >= 4 is 5.91 Å². The molecule has 0 aromatic carbocycles. The molecule has 0 aromatic heterocycles. The molecular formula is C12H26N2O. The van der Waals surface area contributed by atoms with Crippen molar-refractivity contribution in [1.82, 2.24) is 5.32 Å². The SMILES string of the molecule is CCC(NC(=O)[C@@H](N)C(C)(C)C)C(C)C. The van der Waals surface area contributed by atoms with Gasteiger partial charge in [0.2, 0.25) is 5.91 Å². The maximum atomic E-state index is 11.8. The first-order valence-electron chi connectivity index (χ1n) is 5.76. The Kier molecular flexibility index (Phi) is 5.29. The second-order valence-corrected chi connectivity index (χ2v) is 5.61. The Morgan fingerprint density at radius 3 is 2.07 bits per heavy atom. The van der Waals surface area contributed by atoms with Crippen molar-refractivity contribution in [3.63, 3.8) is 0 Å². The van der Waals surface area contributed by atoms with Crippen LogP contribution in [-0.4, -0.2) is 18.0 Å². The molecule has 90 valence electrons. The fourth-order valence-electron chi connectivity index (χ4n) is 1.41. The number of carbonyl (C=O) groups is 1. The molecule has 0 aliphatic heterocycles. The predicted molar refractivity (Wildman–Crippen MR) is 64.5 cm³/mol. The lowest BCUT2D eigenvalue weighted by Crippen LogP contribution is -2.52. The van der Waals surface area contributed by atoms with Crippen LogP contribution in [0.4, 0.5) is 0 Å². The van der Waals surface area contributed by atoms with Crippen LogP contribution in [0.25, 0.3) is 0 Å². The Balaban J connectivity index is 4.36. The van der Waals surface area contributed by atoms with Crippen LogP contribution in [-0.2, 0) is 4.79 Å². The van der Waals surface area contributed by atoms with E-state index in [1.165, 1.54) is 0 Å². The quantitative estimate of drug-likeness (QED) is 0.751. The number of amides is 1. The molecule has 15 heavy (non-hydrogen) atoms. The summed E-state index contributed by atoms with van der Waals surface area (Å²) >= 11 is 0. The Bertz CT molecular complexity index is 206. The van der Waals surface area contributed by atoms with Gasteiger partial charge >= 0.3 is 0 Å². The van der Waals surface area contributed by atoms with Gasteiger partial charge in [-0.25, -0.2) is 0 Å². The highest BCUT2D eigenvalue weighted by Gasteiger charge is 2.28. The van der Waals surface area contributed by atoms with Crippen molar-refractivity contribution in [3.8, 4) is 0 Å². The van der Waals surface area contributed by atoms with E-state index in [-0.39, 0.29) is 17.4 Å². The van der Waals surface area contributed by atoms with Crippen LogP contribution in [0.5, 0.6) is 0 Å². The first kappa shape index (κ1) is 14.4. The van der Waals surface area contributed by atoms with Crippen molar-refractivity contribution in [3.05, 3.63) is 0 Å². The summed E-state index contributed by atoms with van der Waals surface area (Å²) in [5.41, 5.74) is 5.70. The van der Waals surface area contributed by atoms with Crippen LogP contribution < -0.4 is 11.1 Å². The van der Waals surface area contributed by atoms with E-state index in [9.17, 15) is 4.79 Å². The summed E-state index contributed by atoms with van der Waals surface area (Å²) in [4.78, 5) is 11.8. The van der Waals surface area contributed by atoms with Crippen molar-refractivity contribution in [2.24, 2.45) is 17.1 Å². The van der Waals surface area contributed by atoms with Crippen molar-refractivity contribution < 1.29 is 4.79 Å². The van der Waals surface area contributed by atoms with E-state index < -0.39 is 6.04 Å². The van der Waals surface area contributed by atoms with Gasteiger partial charge in [0.15, 0.2) is 0 Å². The van der Waals surface area contributed by atoms with Crippen molar-refractivity contribution in [2.45, 2.75) is 60.0 Å². The smallest absolute Gasteiger partial charge is 0.237 e. The summed E-state index contributed by atoms with van der Waals surface area (Å²) in [6.07, 6.45) is 0.945. The molecule has 0 aliphatic rings. The number of carbonyl (C=O) groups excluding carboxylic acids is 1. The fraction of sp³-hybridized carbons (Fsp3) is 0.917. The molecule has 0 bridgehead atoms. The highest BCUT2D eigenvalue weighted by atomic mass is 16.2. The van der Waals surface area contributed by atoms with E-state index in [0.717, 1.165) is 6.42 Å². The van der Waals surface area contributed by atoms with Gasteiger partial charge in [0, 0.05) is 6.04 Å². The third-order valence-corrected chi connectivity index (χ3v) is 2.79. The van der Waals surface area contributed by atoms with Gasteiger partial charge in [-0.3, -0.25) is 4.79 Å². The topological polar surface area (TPSA) is 55.1 Å². The highest BCUT2D eigenvalue weighted by Crippen LogP contribution is 2.18. The maximum absolute atomic E-state index is 11.8. The van der Waals surface area contributed by atoms with Crippen molar-refractivity contribution in [2.75, 3.05) is 0 Å². The lowest BCUT2D eigenvalue weighted by molar-refractivity contribution is -0.125. The number of rotatable bonds is 4. The van der Waals surface area contributed by atoms with Gasteiger partial charge in [-0.05, 0) is 17.8 Å². The van der Waals surface area contributed by atoms with Crippen LogP contribution in [0.15, 0.2) is 0 Å². The Morgan fingerprint density at radius 2 is 1.80 bits per heavy atom. The summed E-state index contributed by atoms with van der Waals surface area (Å²) in [5, 5.41) is 3.01. The molecule has 0 fully saturated rings. The van der Waals surface area contributed by atoms with Gasteiger partial charge in [0.1, 0.15) is 0 Å². The average molecular weight is 214 g/mol. The first-order valence-corrected chi connectivity index (χ1v) is 5.76.